The Morgan fingerprint density at radius 2 is 2.03 bits per heavy atom. The van der Waals surface area contributed by atoms with Crippen molar-refractivity contribution in [3.05, 3.63) is 48.0 Å². The smallest absolute Gasteiger partial charge is 0.153 e. The molecule has 4 rings (SSSR count). The molecule has 0 spiro atoms. The van der Waals surface area contributed by atoms with Gasteiger partial charge >= 0.3 is 0 Å². The molecule has 1 saturated heterocycles. The van der Waals surface area contributed by atoms with E-state index in [1.807, 2.05) is 18.2 Å². The lowest BCUT2D eigenvalue weighted by atomic mass is 10.0. The number of anilines is 1. The number of hydrogen-bond acceptors (Lipinski definition) is 6. The van der Waals surface area contributed by atoms with Crippen molar-refractivity contribution in [1.29, 1.82) is 0 Å². The van der Waals surface area contributed by atoms with Gasteiger partial charge in [-0.05, 0) is 75.8 Å². The van der Waals surface area contributed by atoms with Gasteiger partial charge in [-0.2, -0.15) is 0 Å². The van der Waals surface area contributed by atoms with Gasteiger partial charge in [-0.25, -0.2) is 19.3 Å². The van der Waals surface area contributed by atoms with E-state index >= 15 is 0 Å². The van der Waals surface area contributed by atoms with Gasteiger partial charge in [-0.15, -0.1) is 12.4 Å². The summed E-state index contributed by atoms with van der Waals surface area (Å²) in [6.07, 6.45) is 5.41. The summed E-state index contributed by atoms with van der Waals surface area (Å²) in [4.78, 5) is 17.4. The third kappa shape index (κ3) is 4.63. The number of pyridine rings is 1. The first kappa shape index (κ1) is 21.4. The molecule has 1 unspecified atom stereocenters. The van der Waals surface area contributed by atoms with Crippen molar-refractivity contribution in [3.63, 3.8) is 0 Å². The number of nitrogens with two attached hydrogens (primary N) is 1. The van der Waals surface area contributed by atoms with Crippen molar-refractivity contribution >= 4 is 29.3 Å². The molecule has 29 heavy (non-hydrogen) atoms. The van der Waals surface area contributed by atoms with E-state index in [1.54, 1.807) is 6.07 Å². The van der Waals surface area contributed by atoms with E-state index < -0.39 is 0 Å². The Balaban J connectivity index is 0.00000240. The molecule has 1 atom stereocenters. The molecule has 0 bridgehead atoms. The highest BCUT2D eigenvalue weighted by Gasteiger charge is 2.23. The van der Waals surface area contributed by atoms with Gasteiger partial charge in [-0.1, -0.05) is 0 Å². The van der Waals surface area contributed by atoms with Crippen molar-refractivity contribution in [1.82, 2.24) is 24.8 Å². The van der Waals surface area contributed by atoms with E-state index in [0.29, 0.717) is 35.3 Å². The van der Waals surface area contributed by atoms with Gasteiger partial charge in [0.05, 0.1) is 17.4 Å². The molecule has 154 valence electrons. The van der Waals surface area contributed by atoms with Crippen LogP contribution in [0.15, 0.2) is 36.7 Å². The molecule has 0 aliphatic carbocycles. The summed E-state index contributed by atoms with van der Waals surface area (Å²) in [5.74, 6) is 0.0561. The molecule has 6 nitrogen and oxygen atoms in total. The Kier molecular flexibility index (Phi) is 6.62. The molecule has 3 heterocycles. The highest BCUT2D eigenvalue weighted by Crippen LogP contribution is 2.25. The molecule has 0 amide bonds. The predicted octanol–water partition coefficient (Wildman–Crippen LogP) is 3.71. The summed E-state index contributed by atoms with van der Waals surface area (Å²) in [6.45, 7) is 1.78. The highest BCUT2D eigenvalue weighted by atomic mass is 35.5. The zero-order valence-electron chi connectivity index (χ0n) is 16.7. The first-order valence-electron chi connectivity index (χ1n) is 9.59. The minimum absolute atomic E-state index is 0. The molecule has 1 aliphatic heterocycles. The summed E-state index contributed by atoms with van der Waals surface area (Å²) in [5, 5.41) is 0. The number of aromatic nitrogens is 3. The number of nitrogens with zero attached hydrogens (tertiary/aromatic N) is 5. The summed E-state index contributed by atoms with van der Waals surface area (Å²) in [7, 11) is 4.26. The van der Waals surface area contributed by atoms with Gasteiger partial charge in [0, 0.05) is 12.1 Å². The van der Waals surface area contributed by atoms with Crippen LogP contribution in [0.1, 0.15) is 24.8 Å². The van der Waals surface area contributed by atoms with E-state index in [-0.39, 0.29) is 18.2 Å². The lowest BCUT2D eigenvalue weighted by Crippen LogP contribution is -2.46. The summed E-state index contributed by atoms with van der Waals surface area (Å²) >= 11 is 0. The Morgan fingerprint density at radius 1 is 1.21 bits per heavy atom. The quantitative estimate of drug-likeness (QED) is 0.699. The lowest BCUT2D eigenvalue weighted by Gasteiger charge is -2.38. The number of fused-ring (bicyclic) bond motifs is 1. The van der Waals surface area contributed by atoms with Gasteiger partial charge in [0.1, 0.15) is 17.7 Å². The van der Waals surface area contributed by atoms with Crippen LogP contribution in [0, 0.1) is 5.82 Å². The van der Waals surface area contributed by atoms with Crippen LogP contribution in [0.4, 0.5) is 10.2 Å². The molecule has 1 aliphatic rings. The van der Waals surface area contributed by atoms with E-state index in [2.05, 4.69) is 38.8 Å². The fourth-order valence-corrected chi connectivity index (χ4v) is 4.02. The van der Waals surface area contributed by atoms with Crippen LogP contribution in [0.5, 0.6) is 0 Å². The second kappa shape index (κ2) is 8.98. The lowest BCUT2D eigenvalue weighted by molar-refractivity contribution is 0.0453. The molecule has 8 heteroatoms. The third-order valence-corrected chi connectivity index (χ3v) is 5.44. The average Bonchev–Trinajstić information content (AvgIpc) is 2.68. The number of likely N-dealkylation sites (tertiary alicyclic amines) is 1. The number of halogens is 2. The van der Waals surface area contributed by atoms with Crippen molar-refractivity contribution in [2.45, 2.75) is 32.0 Å². The molecule has 0 radical (unpaired) electrons. The van der Waals surface area contributed by atoms with Gasteiger partial charge in [0.15, 0.2) is 5.82 Å². The van der Waals surface area contributed by atoms with Gasteiger partial charge < -0.3 is 5.73 Å². The second-order valence-corrected chi connectivity index (χ2v) is 7.54. The normalized spacial score (nSPS) is 17.4. The number of nitrogen functional groups attached to an aromatic ring is 1. The van der Waals surface area contributed by atoms with Gasteiger partial charge in [0.25, 0.3) is 0 Å². The van der Waals surface area contributed by atoms with Gasteiger partial charge in [-0.3, -0.25) is 9.80 Å². The fraction of sp³-hybridized carbons (Fsp3) is 0.381. The molecular formula is C21H26ClFN6. The molecule has 1 fully saturated rings. The van der Waals surface area contributed by atoms with E-state index in [1.165, 1.54) is 25.2 Å². The average molecular weight is 417 g/mol. The standard InChI is InChI=1S/C21H25FN6.ClH/c1-27-8-4-3-5-19(27)28(2)12-14-9-15(11-16(22)10-14)17-6-7-18-20(26-17)21(23)25-13-24-18;/h6-7,9-11,13,19H,3-5,8,12H2,1-2H3,(H2,23,24,25);1H. The fourth-order valence-electron chi connectivity index (χ4n) is 4.02. The zero-order chi connectivity index (χ0) is 19.7. The first-order valence-corrected chi connectivity index (χ1v) is 9.59. The number of benzene rings is 1. The first-order chi connectivity index (χ1) is 13.5. The summed E-state index contributed by atoms with van der Waals surface area (Å²) < 4.78 is 14.4. The molecular weight excluding hydrogens is 391 g/mol. The molecule has 3 aromatic rings. The molecule has 1 aromatic carbocycles. The largest absolute Gasteiger partial charge is 0.382 e. The van der Waals surface area contributed by atoms with Crippen molar-refractivity contribution in [2.75, 3.05) is 26.4 Å². The summed E-state index contributed by atoms with van der Waals surface area (Å²) in [6, 6.07) is 8.78. The van der Waals surface area contributed by atoms with Crippen LogP contribution in [0.2, 0.25) is 0 Å². The van der Waals surface area contributed by atoms with Crippen LogP contribution in [0.3, 0.4) is 0 Å². The number of piperidine rings is 1. The topological polar surface area (TPSA) is 71.2 Å². The number of hydrogen-bond donors (Lipinski definition) is 1. The van der Waals surface area contributed by atoms with Crippen LogP contribution in [-0.2, 0) is 6.54 Å². The van der Waals surface area contributed by atoms with Crippen LogP contribution >= 0.6 is 12.4 Å². The maximum absolute atomic E-state index is 14.4. The highest BCUT2D eigenvalue weighted by molar-refractivity contribution is 5.86. The molecule has 2 aromatic heterocycles. The Bertz CT molecular complexity index is 998. The second-order valence-electron chi connectivity index (χ2n) is 7.54. The molecule has 0 saturated carbocycles. The maximum atomic E-state index is 14.4. The van der Waals surface area contributed by atoms with E-state index in [0.717, 1.165) is 24.1 Å². The van der Waals surface area contributed by atoms with Crippen molar-refractivity contribution < 1.29 is 4.39 Å². The van der Waals surface area contributed by atoms with Crippen LogP contribution < -0.4 is 5.73 Å². The zero-order valence-corrected chi connectivity index (χ0v) is 17.5. The third-order valence-electron chi connectivity index (χ3n) is 5.44. The monoisotopic (exact) mass is 416 g/mol. The van der Waals surface area contributed by atoms with E-state index in [4.69, 9.17) is 5.73 Å². The Hall–Kier alpha value is -2.35. The Labute approximate surface area is 176 Å². The van der Waals surface area contributed by atoms with Crippen LogP contribution in [-0.4, -0.2) is 51.6 Å². The van der Waals surface area contributed by atoms with E-state index in [9.17, 15) is 4.39 Å². The maximum Gasteiger partial charge on any atom is 0.153 e. The number of rotatable bonds is 4. The summed E-state index contributed by atoms with van der Waals surface area (Å²) in [5.41, 5.74) is 9.45. The van der Waals surface area contributed by atoms with Crippen LogP contribution in [0.25, 0.3) is 22.3 Å². The SMILES string of the molecule is CN1CCCCC1N(C)Cc1cc(F)cc(-c2ccc3ncnc(N)c3n2)c1.Cl. The molecule has 2 N–H and O–H groups in total. The van der Waals surface area contributed by atoms with Crippen molar-refractivity contribution in [3.8, 4) is 11.3 Å². The predicted molar refractivity (Wildman–Crippen MR) is 116 cm³/mol. The van der Waals surface area contributed by atoms with Crippen molar-refractivity contribution in [2.24, 2.45) is 0 Å². The Morgan fingerprint density at radius 3 is 2.83 bits per heavy atom. The minimum Gasteiger partial charge on any atom is -0.382 e. The van der Waals surface area contributed by atoms with Gasteiger partial charge in [0.2, 0.25) is 0 Å². The minimum atomic E-state index is -0.267.